The quantitative estimate of drug-likeness (QED) is 0.628. The highest BCUT2D eigenvalue weighted by Crippen LogP contribution is 2.21. The Hall–Kier alpha value is -1.06. The van der Waals surface area contributed by atoms with E-state index in [2.05, 4.69) is 0 Å². The molecule has 1 N–H and O–H groups in total. The third kappa shape index (κ3) is 1.42. The van der Waals surface area contributed by atoms with E-state index in [1.165, 1.54) is 5.06 Å². The molecule has 0 amide bonds. The van der Waals surface area contributed by atoms with Crippen LogP contribution in [0.1, 0.15) is 5.56 Å². The summed E-state index contributed by atoms with van der Waals surface area (Å²) >= 11 is 0. The summed E-state index contributed by atoms with van der Waals surface area (Å²) < 4.78 is 5.42. The number of para-hydroxylation sites is 1. The average Bonchev–Trinajstić information content (AvgIpc) is 2.25. The molecule has 1 aliphatic rings. The van der Waals surface area contributed by atoms with Gasteiger partial charge in [-0.25, -0.2) is 0 Å². The van der Waals surface area contributed by atoms with Crippen LogP contribution in [0.15, 0.2) is 24.3 Å². The summed E-state index contributed by atoms with van der Waals surface area (Å²) in [6, 6.07) is 7.77. The standard InChI is InChI=1S/C9H11NO2/c11-10-5-6-12-9-4-2-1-3-8(9)7-10/h1-4,11H,5-7H2. The lowest BCUT2D eigenvalue weighted by Gasteiger charge is -2.08. The van der Waals surface area contributed by atoms with Gasteiger partial charge in [0, 0.05) is 5.56 Å². The third-order valence-electron chi connectivity index (χ3n) is 1.93. The molecule has 0 aliphatic carbocycles. The van der Waals surface area contributed by atoms with Crippen LogP contribution in [0.4, 0.5) is 0 Å². The number of ether oxygens (including phenoxy) is 1. The van der Waals surface area contributed by atoms with E-state index >= 15 is 0 Å². The van der Waals surface area contributed by atoms with Gasteiger partial charge in [-0.05, 0) is 6.07 Å². The van der Waals surface area contributed by atoms with Gasteiger partial charge < -0.3 is 9.94 Å². The molecular formula is C9H11NO2. The molecule has 0 spiro atoms. The van der Waals surface area contributed by atoms with E-state index in [-0.39, 0.29) is 0 Å². The van der Waals surface area contributed by atoms with Crippen molar-refractivity contribution in [2.24, 2.45) is 0 Å². The van der Waals surface area contributed by atoms with Crippen molar-refractivity contribution in [2.45, 2.75) is 6.54 Å². The van der Waals surface area contributed by atoms with Crippen LogP contribution in [-0.2, 0) is 6.54 Å². The lowest BCUT2D eigenvalue weighted by Crippen LogP contribution is -2.21. The van der Waals surface area contributed by atoms with E-state index in [0.29, 0.717) is 19.7 Å². The van der Waals surface area contributed by atoms with Crippen molar-refractivity contribution in [1.82, 2.24) is 5.06 Å². The normalized spacial score (nSPS) is 17.8. The molecule has 2 rings (SSSR count). The van der Waals surface area contributed by atoms with E-state index in [1.807, 2.05) is 24.3 Å². The number of benzene rings is 1. The van der Waals surface area contributed by atoms with Crippen molar-refractivity contribution < 1.29 is 9.94 Å². The lowest BCUT2D eigenvalue weighted by molar-refractivity contribution is -0.100. The second kappa shape index (κ2) is 3.13. The fraction of sp³-hybridized carbons (Fsp3) is 0.333. The fourth-order valence-corrected chi connectivity index (χ4v) is 1.31. The molecule has 1 aliphatic heterocycles. The Kier molecular flexibility index (Phi) is 1.98. The highest BCUT2D eigenvalue weighted by atomic mass is 16.5. The average molecular weight is 165 g/mol. The first kappa shape index (κ1) is 7.58. The molecule has 0 radical (unpaired) electrons. The maximum Gasteiger partial charge on any atom is 0.123 e. The SMILES string of the molecule is ON1CCOc2ccccc2C1. The monoisotopic (exact) mass is 165 g/mol. The van der Waals surface area contributed by atoms with Gasteiger partial charge in [0.1, 0.15) is 12.4 Å². The molecule has 1 aromatic carbocycles. The predicted molar refractivity (Wildman–Crippen MR) is 44.1 cm³/mol. The molecule has 64 valence electrons. The number of hydroxylamine groups is 2. The third-order valence-corrected chi connectivity index (χ3v) is 1.93. The molecule has 0 saturated heterocycles. The zero-order valence-corrected chi connectivity index (χ0v) is 6.73. The van der Waals surface area contributed by atoms with Crippen molar-refractivity contribution in [1.29, 1.82) is 0 Å². The minimum Gasteiger partial charge on any atom is -0.492 e. The highest BCUT2D eigenvalue weighted by molar-refractivity contribution is 5.33. The van der Waals surface area contributed by atoms with E-state index in [0.717, 1.165) is 11.3 Å². The van der Waals surface area contributed by atoms with Crippen LogP contribution < -0.4 is 4.74 Å². The van der Waals surface area contributed by atoms with Crippen LogP contribution in [0, 0.1) is 0 Å². The van der Waals surface area contributed by atoms with E-state index < -0.39 is 0 Å². The summed E-state index contributed by atoms with van der Waals surface area (Å²) in [7, 11) is 0. The summed E-state index contributed by atoms with van der Waals surface area (Å²) in [4.78, 5) is 0. The van der Waals surface area contributed by atoms with Gasteiger partial charge in [-0.3, -0.25) is 0 Å². The molecule has 3 nitrogen and oxygen atoms in total. The van der Waals surface area contributed by atoms with Gasteiger partial charge in [0.05, 0.1) is 13.1 Å². The maximum atomic E-state index is 9.29. The van der Waals surface area contributed by atoms with E-state index in [4.69, 9.17) is 4.74 Å². The molecule has 0 saturated carbocycles. The summed E-state index contributed by atoms with van der Waals surface area (Å²) in [6.45, 7) is 1.67. The summed E-state index contributed by atoms with van der Waals surface area (Å²) in [5.74, 6) is 0.883. The van der Waals surface area contributed by atoms with Crippen LogP contribution in [0.5, 0.6) is 5.75 Å². The predicted octanol–water partition coefficient (Wildman–Crippen LogP) is 1.27. The molecule has 0 bridgehead atoms. The van der Waals surface area contributed by atoms with Crippen LogP contribution in [-0.4, -0.2) is 23.4 Å². The van der Waals surface area contributed by atoms with Gasteiger partial charge in [0.25, 0.3) is 0 Å². The Balaban J connectivity index is 2.31. The largest absolute Gasteiger partial charge is 0.492 e. The Morgan fingerprint density at radius 3 is 3.08 bits per heavy atom. The summed E-state index contributed by atoms with van der Waals surface area (Å²) in [5.41, 5.74) is 1.04. The van der Waals surface area contributed by atoms with E-state index in [1.54, 1.807) is 0 Å². The second-order valence-electron chi connectivity index (χ2n) is 2.84. The van der Waals surface area contributed by atoms with Crippen LogP contribution in [0.3, 0.4) is 0 Å². The number of hydrogen-bond donors (Lipinski definition) is 1. The van der Waals surface area contributed by atoms with Gasteiger partial charge in [0.15, 0.2) is 0 Å². The van der Waals surface area contributed by atoms with Crippen LogP contribution in [0.2, 0.25) is 0 Å². The Morgan fingerprint density at radius 1 is 1.33 bits per heavy atom. The zero-order valence-electron chi connectivity index (χ0n) is 6.73. The Labute approximate surface area is 71.1 Å². The van der Waals surface area contributed by atoms with Gasteiger partial charge in [-0.2, -0.15) is 5.06 Å². The number of nitrogens with zero attached hydrogens (tertiary/aromatic N) is 1. The minimum atomic E-state index is 0.549. The first-order valence-electron chi connectivity index (χ1n) is 4.01. The smallest absolute Gasteiger partial charge is 0.123 e. The Bertz CT molecular complexity index is 275. The van der Waals surface area contributed by atoms with Crippen molar-refractivity contribution in [3.8, 4) is 5.75 Å². The van der Waals surface area contributed by atoms with Crippen molar-refractivity contribution in [3.05, 3.63) is 29.8 Å². The van der Waals surface area contributed by atoms with Gasteiger partial charge in [-0.15, -0.1) is 0 Å². The molecule has 1 aromatic rings. The maximum absolute atomic E-state index is 9.29. The van der Waals surface area contributed by atoms with E-state index in [9.17, 15) is 5.21 Å². The second-order valence-corrected chi connectivity index (χ2v) is 2.84. The molecular weight excluding hydrogens is 154 g/mol. The Morgan fingerprint density at radius 2 is 2.17 bits per heavy atom. The molecule has 12 heavy (non-hydrogen) atoms. The topological polar surface area (TPSA) is 32.7 Å². The molecule has 0 fully saturated rings. The summed E-state index contributed by atoms with van der Waals surface area (Å²) in [6.07, 6.45) is 0. The van der Waals surface area contributed by atoms with Gasteiger partial charge in [-0.1, -0.05) is 18.2 Å². The number of fused-ring (bicyclic) bond motifs is 1. The van der Waals surface area contributed by atoms with Crippen molar-refractivity contribution >= 4 is 0 Å². The number of rotatable bonds is 0. The fourth-order valence-electron chi connectivity index (χ4n) is 1.31. The van der Waals surface area contributed by atoms with Crippen molar-refractivity contribution in [2.75, 3.05) is 13.2 Å². The lowest BCUT2D eigenvalue weighted by atomic mass is 10.2. The number of hydrogen-bond acceptors (Lipinski definition) is 3. The first-order valence-corrected chi connectivity index (χ1v) is 4.01. The molecule has 3 heteroatoms. The van der Waals surface area contributed by atoms with Crippen LogP contribution >= 0.6 is 0 Å². The molecule has 0 unspecified atom stereocenters. The van der Waals surface area contributed by atoms with Gasteiger partial charge in [0.2, 0.25) is 0 Å². The molecule has 0 atom stereocenters. The van der Waals surface area contributed by atoms with Crippen molar-refractivity contribution in [3.63, 3.8) is 0 Å². The first-order chi connectivity index (χ1) is 5.86. The highest BCUT2D eigenvalue weighted by Gasteiger charge is 2.11. The zero-order chi connectivity index (χ0) is 8.39. The minimum absolute atomic E-state index is 0.549. The van der Waals surface area contributed by atoms with Gasteiger partial charge >= 0.3 is 0 Å². The molecule has 0 aromatic heterocycles. The van der Waals surface area contributed by atoms with Crippen LogP contribution in [0.25, 0.3) is 0 Å². The molecule has 1 heterocycles. The summed E-state index contributed by atoms with van der Waals surface area (Å²) in [5, 5.41) is 10.6.